The lowest BCUT2D eigenvalue weighted by molar-refractivity contribution is -0.145. The SMILES string of the molecule is CN(Cc1ccccc1F)C(=O)N1[C@H]2CC[C@@H]1[C@@H](C(=O)O)N(C(=O)N(c1ccccc1)c1ccccc1)C2. The number of rotatable bonds is 5. The Morgan fingerprint density at radius 3 is 2.03 bits per heavy atom. The Balaban J connectivity index is 1.43. The maximum atomic E-state index is 14.2. The van der Waals surface area contributed by atoms with Crippen LogP contribution in [0.1, 0.15) is 18.4 Å². The zero-order chi connectivity index (χ0) is 26.8. The van der Waals surface area contributed by atoms with E-state index in [1.54, 1.807) is 54.4 Å². The van der Waals surface area contributed by atoms with E-state index in [9.17, 15) is 23.9 Å². The fourth-order valence-corrected chi connectivity index (χ4v) is 5.54. The molecule has 196 valence electrons. The number of carbonyl (C=O) groups excluding carboxylic acids is 2. The van der Waals surface area contributed by atoms with E-state index in [0.29, 0.717) is 29.8 Å². The van der Waals surface area contributed by atoms with E-state index in [-0.39, 0.29) is 25.2 Å². The summed E-state index contributed by atoms with van der Waals surface area (Å²) in [6, 6.07) is 21.3. The zero-order valence-electron chi connectivity index (χ0n) is 21.0. The topological polar surface area (TPSA) is 84.4 Å². The van der Waals surface area contributed by atoms with Crippen molar-refractivity contribution < 1.29 is 23.9 Å². The third-order valence-electron chi connectivity index (χ3n) is 7.29. The number of likely N-dealkylation sites (tertiary alicyclic amines) is 1. The minimum Gasteiger partial charge on any atom is -0.480 e. The average molecular weight is 517 g/mol. The molecule has 2 fully saturated rings. The van der Waals surface area contributed by atoms with E-state index in [2.05, 4.69) is 0 Å². The monoisotopic (exact) mass is 516 g/mol. The van der Waals surface area contributed by atoms with Crippen LogP contribution < -0.4 is 4.90 Å². The first-order valence-corrected chi connectivity index (χ1v) is 12.6. The standard InChI is InChI=1S/C29H29FN4O4/c1-31(18-20-10-8-9-15-24(20)30)28(37)34-23-16-17-25(34)26(27(35)36)32(19-23)29(38)33(21-11-4-2-5-12-21)22-13-6-3-7-14-22/h2-15,23,25-26H,16-19H2,1H3,(H,35,36)/t23-,25+,26-/m0/s1. The number of benzene rings is 3. The van der Waals surface area contributed by atoms with Crippen molar-refractivity contribution >= 4 is 29.4 Å². The molecule has 0 spiro atoms. The van der Waals surface area contributed by atoms with Gasteiger partial charge in [0.1, 0.15) is 5.82 Å². The quantitative estimate of drug-likeness (QED) is 0.521. The van der Waals surface area contributed by atoms with Crippen molar-refractivity contribution in [1.82, 2.24) is 14.7 Å². The Morgan fingerprint density at radius 1 is 0.868 bits per heavy atom. The molecular weight excluding hydrogens is 487 g/mol. The molecule has 2 saturated heterocycles. The van der Waals surface area contributed by atoms with Crippen LogP contribution in [0.4, 0.5) is 25.4 Å². The Hall–Kier alpha value is -4.40. The summed E-state index contributed by atoms with van der Waals surface area (Å²) in [4.78, 5) is 46.1. The Bertz CT molecular complexity index is 1280. The summed E-state index contributed by atoms with van der Waals surface area (Å²) in [5.41, 5.74) is 1.60. The second-order valence-corrected chi connectivity index (χ2v) is 9.66. The zero-order valence-corrected chi connectivity index (χ0v) is 21.0. The second kappa shape index (κ2) is 10.5. The van der Waals surface area contributed by atoms with Crippen LogP contribution in [-0.4, -0.2) is 69.6 Å². The molecule has 2 aliphatic heterocycles. The molecule has 38 heavy (non-hydrogen) atoms. The maximum Gasteiger partial charge on any atom is 0.329 e. The Kier molecular flexibility index (Phi) is 7.00. The smallest absolute Gasteiger partial charge is 0.329 e. The lowest BCUT2D eigenvalue weighted by Crippen LogP contribution is -2.67. The maximum absolute atomic E-state index is 14.2. The van der Waals surface area contributed by atoms with Crippen LogP contribution in [0.15, 0.2) is 84.9 Å². The molecule has 2 heterocycles. The van der Waals surface area contributed by atoms with Gasteiger partial charge >= 0.3 is 18.0 Å². The minimum absolute atomic E-state index is 0.0532. The van der Waals surface area contributed by atoms with Crippen molar-refractivity contribution in [3.8, 4) is 0 Å². The summed E-state index contributed by atoms with van der Waals surface area (Å²) in [7, 11) is 1.58. The fourth-order valence-electron chi connectivity index (χ4n) is 5.54. The summed E-state index contributed by atoms with van der Waals surface area (Å²) < 4.78 is 14.2. The number of piperazine rings is 1. The number of carbonyl (C=O) groups is 3. The van der Waals surface area contributed by atoms with Gasteiger partial charge in [-0.1, -0.05) is 54.6 Å². The van der Waals surface area contributed by atoms with Crippen molar-refractivity contribution in [2.45, 2.75) is 37.5 Å². The third-order valence-corrected chi connectivity index (χ3v) is 7.29. The normalized spacial score (nSPS) is 20.2. The largest absolute Gasteiger partial charge is 0.480 e. The first-order chi connectivity index (χ1) is 18.4. The van der Waals surface area contributed by atoms with Gasteiger partial charge in [-0.05, 0) is 43.2 Å². The van der Waals surface area contributed by atoms with E-state index < -0.39 is 29.9 Å². The average Bonchev–Trinajstić information content (AvgIpc) is 3.22. The molecule has 2 bridgehead atoms. The van der Waals surface area contributed by atoms with Crippen molar-refractivity contribution in [1.29, 1.82) is 0 Å². The number of halogens is 1. The first kappa shape index (κ1) is 25.3. The molecule has 5 rings (SSSR count). The third kappa shape index (κ3) is 4.67. The Morgan fingerprint density at radius 2 is 1.45 bits per heavy atom. The summed E-state index contributed by atoms with van der Waals surface area (Å²) >= 11 is 0. The predicted molar refractivity (Wildman–Crippen MR) is 140 cm³/mol. The molecule has 3 aromatic rings. The van der Waals surface area contributed by atoms with Gasteiger partial charge in [-0.3, -0.25) is 4.90 Å². The van der Waals surface area contributed by atoms with E-state index in [1.807, 2.05) is 36.4 Å². The van der Waals surface area contributed by atoms with Crippen LogP contribution in [0.25, 0.3) is 0 Å². The molecule has 8 nitrogen and oxygen atoms in total. The predicted octanol–water partition coefficient (Wildman–Crippen LogP) is 4.94. The number of para-hydroxylation sites is 2. The number of hydrogen-bond donors (Lipinski definition) is 1. The summed E-state index contributed by atoms with van der Waals surface area (Å²) in [5, 5.41) is 10.3. The number of anilines is 2. The van der Waals surface area contributed by atoms with Crippen LogP contribution in [-0.2, 0) is 11.3 Å². The summed E-state index contributed by atoms with van der Waals surface area (Å²) in [6.45, 7) is 0.138. The number of hydrogen-bond acceptors (Lipinski definition) is 3. The molecule has 3 aromatic carbocycles. The van der Waals surface area contributed by atoms with Gasteiger partial charge in [-0.15, -0.1) is 0 Å². The van der Waals surface area contributed by atoms with E-state index in [1.165, 1.54) is 20.8 Å². The van der Waals surface area contributed by atoms with Crippen LogP contribution >= 0.6 is 0 Å². The van der Waals surface area contributed by atoms with Crippen molar-refractivity contribution in [3.63, 3.8) is 0 Å². The highest BCUT2D eigenvalue weighted by atomic mass is 19.1. The number of fused-ring (bicyclic) bond motifs is 2. The van der Waals surface area contributed by atoms with E-state index >= 15 is 0 Å². The number of nitrogens with zero attached hydrogens (tertiary/aromatic N) is 4. The van der Waals surface area contributed by atoms with Crippen molar-refractivity contribution in [3.05, 3.63) is 96.3 Å². The van der Waals surface area contributed by atoms with Gasteiger partial charge in [0.15, 0.2) is 6.04 Å². The molecule has 0 saturated carbocycles. The van der Waals surface area contributed by atoms with Gasteiger partial charge in [-0.2, -0.15) is 0 Å². The molecule has 2 aliphatic rings. The molecular formula is C29H29FN4O4. The highest BCUT2D eigenvalue weighted by molar-refractivity contribution is 6.01. The molecule has 0 radical (unpaired) electrons. The number of aliphatic carboxylic acids is 1. The number of urea groups is 2. The summed E-state index contributed by atoms with van der Waals surface area (Å²) in [6.07, 6.45) is 1.04. The molecule has 4 amide bonds. The van der Waals surface area contributed by atoms with E-state index in [0.717, 1.165) is 0 Å². The molecule has 1 N–H and O–H groups in total. The van der Waals surface area contributed by atoms with Crippen LogP contribution in [0.2, 0.25) is 0 Å². The number of carboxylic acids is 1. The lowest BCUT2D eigenvalue weighted by atomic mass is 10.0. The van der Waals surface area contributed by atoms with Gasteiger partial charge in [0.05, 0.1) is 23.5 Å². The number of amides is 4. The van der Waals surface area contributed by atoms with Crippen molar-refractivity contribution in [2.24, 2.45) is 0 Å². The molecule has 0 aliphatic carbocycles. The molecule has 3 atom stereocenters. The van der Waals surface area contributed by atoms with Gasteiger partial charge in [0.25, 0.3) is 0 Å². The highest BCUT2D eigenvalue weighted by Gasteiger charge is 2.54. The van der Waals surface area contributed by atoms with Crippen LogP contribution in [0.5, 0.6) is 0 Å². The van der Waals surface area contributed by atoms with Crippen LogP contribution in [0, 0.1) is 5.82 Å². The van der Waals surface area contributed by atoms with Gasteiger partial charge in [0, 0.05) is 25.7 Å². The Labute approximate surface area is 220 Å². The summed E-state index contributed by atoms with van der Waals surface area (Å²) in [5.74, 6) is -1.57. The molecule has 0 unspecified atom stereocenters. The number of carboxylic acid groups (broad SMARTS) is 1. The lowest BCUT2D eigenvalue weighted by Gasteiger charge is -2.47. The van der Waals surface area contributed by atoms with E-state index in [4.69, 9.17) is 0 Å². The van der Waals surface area contributed by atoms with Gasteiger partial charge in [0.2, 0.25) is 0 Å². The highest BCUT2D eigenvalue weighted by Crippen LogP contribution is 2.37. The van der Waals surface area contributed by atoms with Gasteiger partial charge < -0.3 is 19.8 Å². The van der Waals surface area contributed by atoms with Gasteiger partial charge in [-0.25, -0.2) is 18.8 Å². The van der Waals surface area contributed by atoms with Crippen LogP contribution in [0.3, 0.4) is 0 Å². The fraction of sp³-hybridized carbons (Fsp3) is 0.276. The molecule has 0 aromatic heterocycles. The molecule has 9 heteroatoms. The second-order valence-electron chi connectivity index (χ2n) is 9.66. The minimum atomic E-state index is -1.22. The van der Waals surface area contributed by atoms with Crippen molar-refractivity contribution in [2.75, 3.05) is 18.5 Å². The first-order valence-electron chi connectivity index (χ1n) is 12.6.